The Morgan fingerprint density at radius 2 is 1.68 bits per heavy atom. The lowest BCUT2D eigenvalue weighted by atomic mass is 9.62. The second-order valence-corrected chi connectivity index (χ2v) is 9.35. The van der Waals surface area contributed by atoms with Gasteiger partial charge in [-0.25, -0.2) is 9.78 Å². The molecule has 0 radical (unpaired) electrons. The molecule has 28 heavy (non-hydrogen) atoms. The summed E-state index contributed by atoms with van der Waals surface area (Å²) in [6.45, 7) is 17.7. The number of hydrogen-bond donors (Lipinski definition) is 1. The SMILES string of the molecule is C=C(c1cnc(C(=O)O)c(CC)c1)c1cc2c(cc1C)C(C)(C)CCC2(C)C. The van der Waals surface area contributed by atoms with Crippen LogP contribution in [0.2, 0.25) is 0 Å². The summed E-state index contributed by atoms with van der Waals surface area (Å²) in [6, 6.07) is 6.56. The molecule has 0 spiro atoms. The van der Waals surface area contributed by atoms with Crippen molar-refractivity contribution < 1.29 is 9.90 Å². The zero-order chi connectivity index (χ0) is 20.9. The third-order valence-corrected chi connectivity index (χ3v) is 6.42. The minimum atomic E-state index is -0.983. The Balaban J connectivity index is 2.12. The number of hydrogen-bond acceptors (Lipinski definition) is 2. The van der Waals surface area contributed by atoms with Crippen molar-refractivity contribution in [3.8, 4) is 0 Å². The zero-order valence-corrected chi connectivity index (χ0v) is 17.9. The number of aryl methyl sites for hydroxylation is 2. The van der Waals surface area contributed by atoms with Crippen molar-refractivity contribution in [1.82, 2.24) is 4.98 Å². The van der Waals surface area contributed by atoms with Gasteiger partial charge < -0.3 is 5.11 Å². The molecular weight excluding hydrogens is 346 g/mol. The number of rotatable bonds is 4. The molecule has 0 bridgehead atoms. The predicted molar refractivity (Wildman–Crippen MR) is 115 cm³/mol. The lowest BCUT2D eigenvalue weighted by molar-refractivity contribution is 0.0689. The van der Waals surface area contributed by atoms with Gasteiger partial charge in [0, 0.05) is 11.8 Å². The van der Waals surface area contributed by atoms with E-state index in [1.54, 1.807) is 6.20 Å². The highest BCUT2D eigenvalue weighted by Gasteiger charge is 2.37. The van der Waals surface area contributed by atoms with Gasteiger partial charge in [-0.15, -0.1) is 0 Å². The topological polar surface area (TPSA) is 50.2 Å². The number of nitrogens with zero attached hydrogens (tertiary/aromatic N) is 1. The second kappa shape index (κ2) is 6.88. The summed E-state index contributed by atoms with van der Waals surface area (Å²) >= 11 is 0. The van der Waals surface area contributed by atoms with Gasteiger partial charge in [-0.3, -0.25) is 0 Å². The average Bonchev–Trinajstić information content (AvgIpc) is 2.64. The molecule has 1 aliphatic carbocycles. The predicted octanol–water partition coefficient (Wildman–Crippen LogP) is 6.06. The van der Waals surface area contributed by atoms with Gasteiger partial charge >= 0.3 is 5.97 Å². The molecule has 0 atom stereocenters. The number of benzene rings is 1. The summed E-state index contributed by atoms with van der Waals surface area (Å²) in [5, 5.41) is 9.34. The van der Waals surface area contributed by atoms with Gasteiger partial charge in [0.15, 0.2) is 5.69 Å². The van der Waals surface area contributed by atoms with Crippen molar-refractivity contribution >= 4 is 11.5 Å². The van der Waals surface area contributed by atoms with Crippen molar-refractivity contribution in [3.05, 3.63) is 70.0 Å². The summed E-state index contributed by atoms with van der Waals surface area (Å²) in [7, 11) is 0. The summed E-state index contributed by atoms with van der Waals surface area (Å²) in [4.78, 5) is 15.6. The fourth-order valence-electron chi connectivity index (χ4n) is 4.34. The summed E-state index contributed by atoms with van der Waals surface area (Å²) in [5.41, 5.74) is 8.13. The van der Waals surface area contributed by atoms with Crippen LogP contribution in [0.25, 0.3) is 5.57 Å². The molecule has 0 saturated heterocycles. The fourth-order valence-corrected chi connectivity index (χ4v) is 4.34. The number of fused-ring (bicyclic) bond motifs is 1. The first kappa shape index (κ1) is 20.3. The van der Waals surface area contributed by atoms with Gasteiger partial charge in [0.25, 0.3) is 0 Å². The molecule has 0 unspecified atom stereocenters. The molecule has 3 rings (SSSR count). The molecule has 3 nitrogen and oxygen atoms in total. The number of pyridine rings is 1. The van der Waals surface area contributed by atoms with Gasteiger partial charge in [-0.2, -0.15) is 0 Å². The smallest absolute Gasteiger partial charge is 0.354 e. The van der Waals surface area contributed by atoms with Gasteiger partial charge in [0.2, 0.25) is 0 Å². The number of aromatic nitrogens is 1. The summed E-state index contributed by atoms with van der Waals surface area (Å²) in [5.74, 6) is -0.983. The van der Waals surface area contributed by atoms with E-state index in [2.05, 4.69) is 58.3 Å². The zero-order valence-electron chi connectivity index (χ0n) is 17.9. The van der Waals surface area contributed by atoms with Crippen molar-refractivity contribution in [2.24, 2.45) is 0 Å². The Bertz CT molecular complexity index is 967. The Hall–Kier alpha value is -2.42. The molecule has 0 amide bonds. The highest BCUT2D eigenvalue weighted by atomic mass is 16.4. The Kier molecular flexibility index (Phi) is 4.99. The van der Waals surface area contributed by atoms with Crippen LogP contribution in [0.15, 0.2) is 31.0 Å². The van der Waals surface area contributed by atoms with Crippen molar-refractivity contribution in [1.29, 1.82) is 0 Å². The minimum absolute atomic E-state index is 0.129. The second-order valence-electron chi connectivity index (χ2n) is 9.35. The number of aromatic carboxylic acids is 1. The minimum Gasteiger partial charge on any atom is -0.477 e. The fraction of sp³-hybridized carbons (Fsp3) is 0.440. The third kappa shape index (κ3) is 3.39. The van der Waals surface area contributed by atoms with Crippen molar-refractivity contribution in [2.75, 3.05) is 0 Å². The number of carboxylic acids is 1. The first-order valence-corrected chi connectivity index (χ1v) is 10.1. The van der Waals surface area contributed by atoms with Crippen LogP contribution in [0.4, 0.5) is 0 Å². The normalized spacial score (nSPS) is 17.1. The van der Waals surface area contributed by atoms with Crippen LogP contribution in [-0.2, 0) is 17.3 Å². The van der Waals surface area contributed by atoms with Crippen LogP contribution in [0.1, 0.15) is 91.3 Å². The molecule has 148 valence electrons. The average molecular weight is 378 g/mol. The van der Waals surface area contributed by atoms with Crippen LogP contribution in [0.3, 0.4) is 0 Å². The molecule has 0 fully saturated rings. The summed E-state index contributed by atoms with van der Waals surface area (Å²) < 4.78 is 0. The van der Waals surface area contributed by atoms with Crippen molar-refractivity contribution in [2.45, 2.75) is 71.6 Å². The molecule has 0 saturated carbocycles. The molecular formula is C25H31NO2. The van der Waals surface area contributed by atoms with Crippen LogP contribution < -0.4 is 0 Å². The molecule has 1 aliphatic rings. The van der Waals surface area contributed by atoms with E-state index in [0.717, 1.165) is 28.7 Å². The molecule has 0 aliphatic heterocycles. The third-order valence-electron chi connectivity index (χ3n) is 6.42. The van der Waals surface area contributed by atoms with Gasteiger partial charge in [0.05, 0.1) is 0 Å². The van der Waals surface area contributed by atoms with E-state index in [4.69, 9.17) is 0 Å². The molecule has 2 aromatic rings. The van der Waals surface area contributed by atoms with Gasteiger partial charge in [0.1, 0.15) is 0 Å². The lowest BCUT2D eigenvalue weighted by Crippen LogP contribution is -2.34. The summed E-state index contributed by atoms with van der Waals surface area (Å²) in [6.07, 6.45) is 4.61. The maximum atomic E-state index is 11.4. The molecule has 3 heteroatoms. The lowest BCUT2D eigenvalue weighted by Gasteiger charge is -2.42. The first-order chi connectivity index (χ1) is 13.0. The van der Waals surface area contributed by atoms with E-state index in [1.807, 2.05) is 13.0 Å². The maximum absolute atomic E-state index is 11.4. The first-order valence-electron chi connectivity index (χ1n) is 10.1. The van der Waals surface area contributed by atoms with E-state index < -0.39 is 5.97 Å². The molecule has 1 aromatic carbocycles. The Labute approximate surface area is 168 Å². The monoisotopic (exact) mass is 377 g/mol. The van der Waals surface area contributed by atoms with E-state index in [0.29, 0.717) is 6.42 Å². The van der Waals surface area contributed by atoms with Crippen LogP contribution in [0.5, 0.6) is 0 Å². The Morgan fingerprint density at radius 1 is 1.11 bits per heavy atom. The van der Waals surface area contributed by atoms with E-state index in [1.165, 1.54) is 23.1 Å². The molecule has 1 aromatic heterocycles. The number of carboxylic acid groups (broad SMARTS) is 1. The van der Waals surface area contributed by atoms with E-state index in [9.17, 15) is 9.90 Å². The Morgan fingerprint density at radius 3 is 2.21 bits per heavy atom. The molecule has 1 heterocycles. The quantitative estimate of drug-likeness (QED) is 0.704. The van der Waals surface area contributed by atoms with Gasteiger partial charge in [-0.1, -0.05) is 53.3 Å². The highest BCUT2D eigenvalue weighted by Crippen LogP contribution is 2.47. The molecule has 1 N–H and O–H groups in total. The van der Waals surface area contributed by atoms with Gasteiger partial charge in [-0.05, 0) is 76.5 Å². The van der Waals surface area contributed by atoms with Crippen molar-refractivity contribution in [3.63, 3.8) is 0 Å². The largest absolute Gasteiger partial charge is 0.477 e. The van der Waals surface area contributed by atoms with Crippen LogP contribution >= 0.6 is 0 Å². The van der Waals surface area contributed by atoms with Crippen LogP contribution in [-0.4, -0.2) is 16.1 Å². The van der Waals surface area contributed by atoms with E-state index >= 15 is 0 Å². The standard InChI is InChI=1S/C25H31NO2/c1-8-17-12-18(14-26-22(17)23(27)28)16(3)19-13-21-20(11-15(19)2)24(4,5)9-10-25(21,6)7/h11-14H,3,8-10H2,1-2,4-7H3,(H,27,28). The highest BCUT2D eigenvalue weighted by molar-refractivity contribution is 5.88. The number of carbonyl (C=O) groups is 1. The van der Waals surface area contributed by atoms with Crippen LogP contribution in [0, 0.1) is 6.92 Å². The van der Waals surface area contributed by atoms with E-state index in [-0.39, 0.29) is 16.5 Å². The maximum Gasteiger partial charge on any atom is 0.354 e.